The summed E-state index contributed by atoms with van der Waals surface area (Å²) in [6, 6.07) is 5.36. The molecule has 0 bridgehead atoms. The zero-order chi connectivity index (χ0) is 13.7. The maximum absolute atomic E-state index is 14.2. The second-order valence-corrected chi connectivity index (χ2v) is 4.90. The van der Waals surface area contributed by atoms with Crippen LogP contribution in [0.3, 0.4) is 0 Å². The molecule has 0 spiro atoms. The van der Waals surface area contributed by atoms with Crippen molar-refractivity contribution in [1.82, 2.24) is 5.32 Å². The fraction of sp³-hybridized carbons (Fsp3) is 0.600. The van der Waals surface area contributed by atoms with Gasteiger partial charge in [-0.2, -0.15) is 0 Å². The van der Waals surface area contributed by atoms with E-state index in [4.69, 9.17) is 4.74 Å². The summed E-state index contributed by atoms with van der Waals surface area (Å²) in [7, 11) is 0. The van der Waals surface area contributed by atoms with E-state index >= 15 is 0 Å². The largest absolute Gasteiger partial charge is 0.380 e. The summed E-state index contributed by atoms with van der Waals surface area (Å²) in [4.78, 5) is 2.24. The second kappa shape index (κ2) is 6.87. The third kappa shape index (κ3) is 3.45. The standard InChI is InChI=1S/C15H23FN2O/c1-3-17-12(2)15-13(16)6-4-7-14(15)18-8-5-10-19-11-9-18/h4,6-7,12,17H,3,5,8-11H2,1-2H3. The molecular formula is C15H23FN2O. The van der Waals surface area contributed by atoms with Crippen molar-refractivity contribution in [2.24, 2.45) is 0 Å². The maximum Gasteiger partial charge on any atom is 0.130 e. The highest BCUT2D eigenvalue weighted by molar-refractivity contribution is 5.55. The predicted octanol–water partition coefficient (Wildman–Crippen LogP) is 2.72. The van der Waals surface area contributed by atoms with E-state index in [0.29, 0.717) is 6.61 Å². The first-order valence-corrected chi connectivity index (χ1v) is 7.08. The van der Waals surface area contributed by atoms with Gasteiger partial charge in [-0.05, 0) is 32.0 Å². The lowest BCUT2D eigenvalue weighted by Crippen LogP contribution is -2.29. The summed E-state index contributed by atoms with van der Waals surface area (Å²) in [5.74, 6) is -0.129. The van der Waals surface area contributed by atoms with Crippen molar-refractivity contribution < 1.29 is 9.13 Å². The topological polar surface area (TPSA) is 24.5 Å². The van der Waals surface area contributed by atoms with Gasteiger partial charge in [0.1, 0.15) is 5.82 Å². The van der Waals surface area contributed by atoms with Gasteiger partial charge in [-0.15, -0.1) is 0 Å². The second-order valence-electron chi connectivity index (χ2n) is 4.90. The Morgan fingerprint density at radius 3 is 3.00 bits per heavy atom. The van der Waals surface area contributed by atoms with Crippen LogP contribution < -0.4 is 10.2 Å². The fourth-order valence-corrected chi connectivity index (χ4v) is 2.63. The van der Waals surface area contributed by atoms with E-state index in [0.717, 1.165) is 43.9 Å². The number of anilines is 1. The Labute approximate surface area is 114 Å². The summed E-state index contributed by atoms with van der Waals surface area (Å²) in [6.45, 7) is 8.15. The van der Waals surface area contributed by atoms with Gasteiger partial charge in [-0.1, -0.05) is 13.0 Å². The molecule has 0 amide bonds. The number of nitrogens with zero attached hydrogens (tertiary/aromatic N) is 1. The smallest absolute Gasteiger partial charge is 0.130 e. The van der Waals surface area contributed by atoms with Crippen molar-refractivity contribution in [2.45, 2.75) is 26.3 Å². The number of nitrogens with one attached hydrogen (secondary N) is 1. The van der Waals surface area contributed by atoms with Crippen LogP contribution in [0.1, 0.15) is 31.9 Å². The Kier molecular flexibility index (Phi) is 5.16. The Morgan fingerprint density at radius 1 is 1.37 bits per heavy atom. The lowest BCUT2D eigenvalue weighted by atomic mass is 10.0. The van der Waals surface area contributed by atoms with Crippen LogP contribution in [0.4, 0.5) is 10.1 Å². The zero-order valence-electron chi connectivity index (χ0n) is 11.8. The van der Waals surface area contributed by atoms with E-state index in [-0.39, 0.29) is 11.9 Å². The number of hydrogen-bond acceptors (Lipinski definition) is 3. The Balaban J connectivity index is 2.30. The van der Waals surface area contributed by atoms with Crippen LogP contribution in [0.5, 0.6) is 0 Å². The van der Waals surface area contributed by atoms with Gasteiger partial charge in [-0.3, -0.25) is 0 Å². The van der Waals surface area contributed by atoms with Gasteiger partial charge in [0.15, 0.2) is 0 Å². The third-order valence-electron chi connectivity index (χ3n) is 3.54. The minimum Gasteiger partial charge on any atom is -0.380 e. The first-order chi connectivity index (χ1) is 9.24. The lowest BCUT2D eigenvalue weighted by Gasteiger charge is -2.27. The average molecular weight is 266 g/mol. The predicted molar refractivity (Wildman–Crippen MR) is 76.1 cm³/mol. The molecule has 106 valence electrons. The Bertz CT molecular complexity index is 403. The molecule has 4 heteroatoms. The van der Waals surface area contributed by atoms with Gasteiger partial charge in [-0.25, -0.2) is 4.39 Å². The van der Waals surface area contributed by atoms with Crippen molar-refractivity contribution >= 4 is 5.69 Å². The van der Waals surface area contributed by atoms with Crippen LogP contribution in [0.15, 0.2) is 18.2 Å². The van der Waals surface area contributed by atoms with Crippen molar-refractivity contribution in [2.75, 3.05) is 37.7 Å². The van der Waals surface area contributed by atoms with Gasteiger partial charge in [0.05, 0.1) is 6.61 Å². The van der Waals surface area contributed by atoms with Crippen LogP contribution in [-0.2, 0) is 4.74 Å². The zero-order valence-corrected chi connectivity index (χ0v) is 11.8. The van der Waals surface area contributed by atoms with Crippen LogP contribution in [0.2, 0.25) is 0 Å². The number of rotatable bonds is 4. The van der Waals surface area contributed by atoms with E-state index in [1.165, 1.54) is 0 Å². The van der Waals surface area contributed by atoms with Crippen molar-refractivity contribution in [3.63, 3.8) is 0 Å². The first kappa shape index (κ1) is 14.3. The molecule has 0 aliphatic carbocycles. The highest BCUT2D eigenvalue weighted by atomic mass is 19.1. The molecule has 1 fully saturated rings. The molecule has 1 heterocycles. The lowest BCUT2D eigenvalue weighted by molar-refractivity contribution is 0.152. The van der Waals surface area contributed by atoms with Crippen molar-refractivity contribution in [3.8, 4) is 0 Å². The number of halogens is 1. The summed E-state index contributed by atoms with van der Waals surface area (Å²) in [5.41, 5.74) is 1.77. The minimum absolute atomic E-state index is 0.0189. The molecular weight excluding hydrogens is 243 g/mol. The van der Waals surface area contributed by atoms with E-state index < -0.39 is 0 Å². The number of ether oxygens (including phenoxy) is 1. The van der Waals surface area contributed by atoms with Crippen LogP contribution in [0, 0.1) is 5.82 Å². The molecule has 1 aromatic rings. The van der Waals surface area contributed by atoms with Gasteiger partial charge in [0.25, 0.3) is 0 Å². The molecule has 1 saturated heterocycles. The van der Waals surface area contributed by atoms with E-state index in [9.17, 15) is 4.39 Å². The first-order valence-electron chi connectivity index (χ1n) is 7.08. The summed E-state index contributed by atoms with van der Waals surface area (Å²) >= 11 is 0. The molecule has 0 saturated carbocycles. The minimum atomic E-state index is -0.129. The number of benzene rings is 1. The van der Waals surface area contributed by atoms with E-state index in [1.54, 1.807) is 12.1 Å². The van der Waals surface area contributed by atoms with E-state index in [1.807, 2.05) is 19.9 Å². The highest BCUT2D eigenvalue weighted by Gasteiger charge is 2.20. The van der Waals surface area contributed by atoms with Gasteiger partial charge < -0.3 is 15.0 Å². The molecule has 1 aliphatic rings. The molecule has 3 nitrogen and oxygen atoms in total. The SMILES string of the molecule is CCNC(C)c1c(F)cccc1N1CCCOCC1. The fourth-order valence-electron chi connectivity index (χ4n) is 2.63. The summed E-state index contributed by atoms with van der Waals surface area (Å²) in [5, 5.41) is 3.30. The van der Waals surface area contributed by atoms with Crippen molar-refractivity contribution in [3.05, 3.63) is 29.6 Å². The molecule has 1 unspecified atom stereocenters. The van der Waals surface area contributed by atoms with Crippen LogP contribution >= 0.6 is 0 Å². The molecule has 1 N–H and O–H groups in total. The van der Waals surface area contributed by atoms with E-state index in [2.05, 4.69) is 10.2 Å². The van der Waals surface area contributed by atoms with Gasteiger partial charge in [0.2, 0.25) is 0 Å². The maximum atomic E-state index is 14.2. The highest BCUT2D eigenvalue weighted by Crippen LogP contribution is 2.29. The molecule has 0 radical (unpaired) electrons. The number of hydrogen-bond donors (Lipinski definition) is 1. The van der Waals surface area contributed by atoms with Crippen LogP contribution in [-0.4, -0.2) is 32.8 Å². The third-order valence-corrected chi connectivity index (χ3v) is 3.54. The molecule has 1 aliphatic heterocycles. The van der Waals surface area contributed by atoms with Gasteiger partial charge in [0, 0.05) is 37.0 Å². The van der Waals surface area contributed by atoms with Crippen LogP contribution in [0.25, 0.3) is 0 Å². The molecule has 0 aromatic heterocycles. The monoisotopic (exact) mass is 266 g/mol. The Morgan fingerprint density at radius 2 is 2.21 bits per heavy atom. The van der Waals surface area contributed by atoms with Crippen molar-refractivity contribution in [1.29, 1.82) is 0 Å². The summed E-state index contributed by atoms with van der Waals surface area (Å²) < 4.78 is 19.7. The molecule has 19 heavy (non-hydrogen) atoms. The normalized spacial score (nSPS) is 18.2. The van der Waals surface area contributed by atoms with Gasteiger partial charge >= 0.3 is 0 Å². The quantitative estimate of drug-likeness (QED) is 0.907. The summed E-state index contributed by atoms with van der Waals surface area (Å²) in [6.07, 6.45) is 0.992. The average Bonchev–Trinajstić information content (AvgIpc) is 2.67. The molecule has 1 aromatic carbocycles. The molecule has 1 atom stereocenters. The Hall–Kier alpha value is -1.13. The molecule has 2 rings (SSSR count).